The zero-order valence-corrected chi connectivity index (χ0v) is 14.9. The van der Waals surface area contributed by atoms with Gasteiger partial charge in [0.1, 0.15) is 0 Å². The van der Waals surface area contributed by atoms with Crippen LogP contribution in [0.2, 0.25) is 0 Å². The molecule has 23 heavy (non-hydrogen) atoms. The summed E-state index contributed by atoms with van der Waals surface area (Å²) in [7, 11) is -3.46. The number of rotatable bonds is 5. The first kappa shape index (κ1) is 17.9. The summed E-state index contributed by atoms with van der Waals surface area (Å²) in [5.74, 6) is 0.698. The molecule has 0 spiro atoms. The third-order valence-corrected chi connectivity index (χ3v) is 5.93. The van der Waals surface area contributed by atoms with Crippen molar-refractivity contribution < 1.29 is 13.2 Å². The van der Waals surface area contributed by atoms with Gasteiger partial charge in [0, 0.05) is 25.2 Å². The minimum absolute atomic E-state index is 0.0539. The van der Waals surface area contributed by atoms with E-state index in [1.54, 1.807) is 28.6 Å². The Hall–Kier alpha value is -1.40. The van der Waals surface area contributed by atoms with Crippen molar-refractivity contribution in [2.24, 2.45) is 11.8 Å². The fraction of sp³-hybridized carbons (Fsp3) is 0.588. The third kappa shape index (κ3) is 4.54. The van der Waals surface area contributed by atoms with Crippen molar-refractivity contribution >= 4 is 21.6 Å². The molecule has 1 N–H and O–H groups in total. The van der Waals surface area contributed by atoms with E-state index in [2.05, 4.69) is 19.2 Å². The Balaban J connectivity index is 2.12. The van der Waals surface area contributed by atoms with Crippen LogP contribution < -0.4 is 5.32 Å². The summed E-state index contributed by atoms with van der Waals surface area (Å²) >= 11 is 0. The Morgan fingerprint density at radius 1 is 1.17 bits per heavy atom. The highest BCUT2D eigenvalue weighted by Crippen LogP contribution is 2.27. The highest BCUT2D eigenvalue weighted by atomic mass is 32.2. The average Bonchev–Trinajstić information content (AvgIpc) is 2.47. The predicted octanol–water partition coefficient (Wildman–Crippen LogP) is 3.09. The van der Waals surface area contributed by atoms with Crippen LogP contribution in [-0.4, -0.2) is 31.7 Å². The first-order valence-electron chi connectivity index (χ1n) is 8.23. The van der Waals surface area contributed by atoms with Gasteiger partial charge in [-0.25, -0.2) is 8.42 Å². The second-order valence-electron chi connectivity index (χ2n) is 6.59. The second-order valence-corrected chi connectivity index (χ2v) is 8.53. The zero-order valence-electron chi connectivity index (χ0n) is 14.1. The number of sulfonamides is 1. The van der Waals surface area contributed by atoms with E-state index in [-0.39, 0.29) is 10.8 Å². The molecule has 1 aliphatic rings. The number of hydrogen-bond acceptors (Lipinski definition) is 3. The van der Waals surface area contributed by atoms with Gasteiger partial charge < -0.3 is 5.32 Å². The average molecular weight is 338 g/mol. The standard InChI is InChI=1S/C17H26N2O3S/c1-4-5-17(20)18-15-6-8-16(9-7-15)23(21,22)19-11-13(2)10-14(3)12-19/h6-9,13-14H,4-5,10-12H2,1-3H3,(H,18,20)/t13-,14+. The molecular weight excluding hydrogens is 312 g/mol. The molecule has 0 radical (unpaired) electrons. The van der Waals surface area contributed by atoms with Crippen LogP contribution in [0.4, 0.5) is 5.69 Å². The van der Waals surface area contributed by atoms with Gasteiger partial charge in [0.25, 0.3) is 0 Å². The van der Waals surface area contributed by atoms with Crippen molar-refractivity contribution in [1.82, 2.24) is 4.31 Å². The summed E-state index contributed by atoms with van der Waals surface area (Å²) in [5, 5.41) is 2.77. The van der Waals surface area contributed by atoms with Crippen LogP contribution in [-0.2, 0) is 14.8 Å². The molecule has 0 unspecified atom stereocenters. The van der Waals surface area contributed by atoms with E-state index in [9.17, 15) is 13.2 Å². The molecule has 1 saturated heterocycles. The summed E-state index contributed by atoms with van der Waals surface area (Å²) in [6.45, 7) is 7.26. The normalized spacial score (nSPS) is 22.7. The summed E-state index contributed by atoms with van der Waals surface area (Å²) < 4.78 is 27.1. The monoisotopic (exact) mass is 338 g/mol. The smallest absolute Gasteiger partial charge is 0.243 e. The number of carbonyl (C=O) groups excluding carboxylic acids is 1. The highest BCUT2D eigenvalue weighted by Gasteiger charge is 2.31. The number of anilines is 1. The maximum Gasteiger partial charge on any atom is 0.243 e. The number of nitrogens with one attached hydrogen (secondary N) is 1. The van der Waals surface area contributed by atoms with E-state index in [0.717, 1.165) is 12.8 Å². The van der Waals surface area contributed by atoms with E-state index in [1.165, 1.54) is 0 Å². The lowest BCUT2D eigenvalue weighted by molar-refractivity contribution is -0.116. The Morgan fingerprint density at radius 2 is 1.74 bits per heavy atom. The molecular formula is C17H26N2O3S. The van der Waals surface area contributed by atoms with Crippen LogP contribution in [0.5, 0.6) is 0 Å². The topological polar surface area (TPSA) is 66.5 Å². The van der Waals surface area contributed by atoms with Crippen molar-refractivity contribution in [3.05, 3.63) is 24.3 Å². The van der Waals surface area contributed by atoms with Gasteiger partial charge in [0.05, 0.1) is 4.90 Å². The van der Waals surface area contributed by atoms with Gasteiger partial charge in [-0.2, -0.15) is 4.31 Å². The third-order valence-electron chi connectivity index (χ3n) is 4.09. The molecule has 1 aliphatic heterocycles. The lowest BCUT2D eigenvalue weighted by atomic mass is 9.94. The molecule has 1 fully saturated rings. The summed E-state index contributed by atoms with van der Waals surface area (Å²) in [6, 6.07) is 6.44. The van der Waals surface area contributed by atoms with Crippen LogP contribution in [0.15, 0.2) is 29.2 Å². The maximum atomic E-state index is 12.8. The van der Waals surface area contributed by atoms with E-state index in [1.807, 2.05) is 6.92 Å². The minimum Gasteiger partial charge on any atom is -0.326 e. The van der Waals surface area contributed by atoms with Crippen molar-refractivity contribution in [3.8, 4) is 0 Å². The fourth-order valence-electron chi connectivity index (χ4n) is 3.11. The van der Waals surface area contributed by atoms with Crippen molar-refractivity contribution in [2.45, 2.75) is 44.9 Å². The Morgan fingerprint density at radius 3 is 2.26 bits per heavy atom. The van der Waals surface area contributed by atoms with E-state index >= 15 is 0 Å². The fourth-order valence-corrected chi connectivity index (χ4v) is 4.79. The summed E-state index contributed by atoms with van der Waals surface area (Å²) in [6.07, 6.45) is 2.31. The molecule has 0 aromatic heterocycles. The number of hydrogen-bond donors (Lipinski definition) is 1. The quantitative estimate of drug-likeness (QED) is 0.897. The van der Waals surface area contributed by atoms with Crippen molar-refractivity contribution in [2.75, 3.05) is 18.4 Å². The molecule has 1 aromatic carbocycles. The molecule has 0 aliphatic carbocycles. The molecule has 2 atom stereocenters. The number of benzene rings is 1. The predicted molar refractivity (Wildman–Crippen MR) is 91.7 cm³/mol. The molecule has 2 rings (SSSR count). The van der Waals surface area contributed by atoms with E-state index in [4.69, 9.17) is 0 Å². The molecule has 128 valence electrons. The van der Waals surface area contributed by atoms with Crippen LogP contribution in [0.3, 0.4) is 0 Å². The highest BCUT2D eigenvalue weighted by molar-refractivity contribution is 7.89. The van der Waals surface area contributed by atoms with Gasteiger partial charge in [-0.15, -0.1) is 0 Å². The molecule has 1 heterocycles. The van der Waals surface area contributed by atoms with Crippen LogP contribution in [0, 0.1) is 11.8 Å². The molecule has 5 nitrogen and oxygen atoms in total. The number of amides is 1. The number of piperidine rings is 1. The van der Waals surface area contributed by atoms with Gasteiger partial charge >= 0.3 is 0 Å². The Kier molecular flexibility index (Phi) is 5.81. The molecule has 0 bridgehead atoms. The Bertz CT molecular complexity index is 630. The van der Waals surface area contributed by atoms with Gasteiger partial charge in [0.15, 0.2) is 0 Å². The Labute approximate surface area is 139 Å². The van der Waals surface area contributed by atoms with Gasteiger partial charge in [0.2, 0.25) is 15.9 Å². The first-order chi connectivity index (χ1) is 10.8. The number of nitrogens with zero attached hydrogens (tertiary/aromatic N) is 1. The van der Waals surface area contributed by atoms with Gasteiger partial charge in [-0.1, -0.05) is 20.8 Å². The van der Waals surface area contributed by atoms with Gasteiger partial charge in [-0.3, -0.25) is 4.79 Å². The largest absolute Gasteiger partial charge is 0.326 e. The van der Waals surface area contributed by atoms with Crippen molar-refractivity contribution in [3.63, 3.8) is 0 Å². The van der Waals surface area contributed by atoms with Gasteiger partial charge in [-0.05, 0) is 48.9 Å². The summed E-state index contributed by atoms with van der Waals surface area (Å²) in [4.78, 5) is 11.9. The summed E-state index contributed by atoms with van der Waals surface area (Å²) in [5.41, 5.74) is 0.628. The lowest BCUT2D eigenvalue weighted by Gasteiger charge is -2.34. The molecule has 1 amide bonds. The molecule has 0 saturated carbocycles. The minimum atomic E-state index is -3.46. The maximum absolute atomic E-state index is 12.8. The second kappa shape index (κ2) is 7.45. The van der Waals surface area contributed by atoms with Crippen LogP contribution in [0.1, 0.15) is 40.0 Å². The van der Waals surface area contributed by atoms with Crippen molar-refractivity contribution in [1.29, 1.82) is 0 Å². The van der Waals surface area contributed by atoms with Crippen LogP contribution >= 0.6 is 0 Å². The SMILES string of the molecule is CCCC(=O)Nc1ccc(S(=O)(=O)N2C[C@H](C)C[C@H](C)C2)cc1. The molecule has 6 heteroatoms. The number of carbonyl (C=O) groups is 1. The van der Waals surface area contributed by atoms with E-state index < -0.39 is 10.0 Å². The first-order valence-corrected chi connectivity index (χ1v) is 9.67. The van der Waals surface area contributed by atoms with Crippen LogP contribution in [0.25, 0.3) is 0 Å². The molecule has 1 aromatic rings. The lowest BCUT2D eigenvalue weighted by Crippen LogP contribution is -2.42. The van der Waals surface area contributed by atoms with E-state index in [0.29, 0.717) is 37.0 Å². The zero-order chi connectivity index (χ0) is 17.0.